The van der Waals surface area contributed by atoms with Crippen molar-refractivity contribution in [2.75, 3.05) is 79.0 Å². The molecule has 17 N–H and O–H groups in total. The van der Waals surface area contributed by atoms with Crippen molar-refractivity contribution in [2.24, 2.45) is 5.73 Å². The predicted octanol–water partition coefficient (Wildman–Crippen LogP) is -1.14. The fourth-order valence-corrected chi connectivity index (χ4v) is 15.9. The summed E-state index contributed by atoms with van der Waals surface area (Å²) in [7, 11) is 5.32. The van der Waals surface area contributed by atoms with E-state index < -0.39 is 206 Å². The first kappa shape index (κ1) is 94.9. The van der Waals surface area contributed by atoms with Crippen LogP contribution in [0.25, 0.3) is 21.8 Å². The van der Waals surface area contributed by atoms with Crippen LogP contribution in [0.4, 0.5) is 0 Å². The molecule has 668 valence electrons. The molecule has 6 aromatic rings. The lowest BCUT2D eigenvalue weighted by Gasteiger charge is -2.32. The fourth-order valence-electron chi connectivity index (χ4n) is 15.3. The number of carbonyl (C=O) groups is 17. The number of aliphatic carboxylic acids is 3. The van der Waals surface area contributed by atoms with Crippen LogP contribution in [0, 0.1) is 0 Å². The minimum atomic E-state index is -2.00. The number of hydrogen-bond acceptors (Lipinski definition) is 21. The highest BCUT2D eigenvalue weighted by atomic mass is 32.2. The number of hydrogen-bond donors (Lipinski definition) is 16. The highest BCUT2D eigenvalue weighted by Gasteiger charge is 2.44. The van der Waals surface area contributed by atoms with Gasteiger partial charge < -0.3 is 113 Å². The summed E-state index contributed by atoms with van der Waals surface area (Å²) in [5.41, 5.74) is 8.90. The van der Waals surface area contributed by atoms with Crippen LogP contribution in [0.5, 0.6) is 5.75 Å². The lowest BCUT2D eigenvalue weighted by Crippen LogP contribution is -2.61. The summed E-state index contributed by atoms with van der Waals surface area (Å²) >= 11 is 1.07. The number of carboxylic acid groups (broad SMARTS) is 3. The van der Waals surface area contributed by atoms with Gasteiger partial charge in [-0.2, -0.15) is 11.8 Å². The number of ether oxygens (including phenoxy) is 1. The molecule has 3 aliphatic heterocycles. The molecular formula is C83H109N19O21S. The molecule has 0 saturated carbocycles. The molecule has 3 aromatic carbocycles. The van der Waals surface area contributed by atoms with Gasteiger partial charge in [0, 0.05) is 125 Å². The van der Waals surface area contributed by atoms with E-state index >= 15 is 24.0 Å². The average Bonchev–Trinajstić information content (AvgIpc) is 1.60. The predicted molar refractivity (Wildman–Crippen MR) is 449 cm³/mol. The molecule has 2 unspecified atom stereocenters. The minimum absolute atomic E-state index is 0.0372. The molecule has 3 aromatic heterocycles. The number of nitrogens with zero attached hydrogens (tertiary/aromatic N) is 6. The second-order valence-electron chi connectivity index (χ2n) is 30.9. The van der Waals surface area contributed by atoms with E-state index in [2.05, 4.69) is 67.8 Å². The Bertz CT molecular complexity index is 4830. The molecule has 0 bridgehead atoms. The summed E-state index contributed by atoms with van der Waals surface area (Å²) in [6.07, 6.45) is 2.82. The van der Waals surface area contributed by atoms with Gasteiger partial charge in [0.05, 0.1) is 45.1 Å². The molecule has 3 saturated heterocycles. The molecule has 124 heavy (non-hydrogen) atoms. The van der Waals surface area contributed by atoms with Crippen LogP contribution in [0.2, 0.25) is 0 Å². The van der Waals surface area contributed by atoms with Gasteiger partial charge in [-0.25, -0.2) is 4.98 Å². The molecule has 3 fully saturated rings. The average molecular weight is 1740 g/mol. The van der Waals surface area contributed by atoms with E-state index in [1.165, 1.54) is 40.8 Å². The number of nitrogens with one attached hydrogen (secondary N) is 12. The van der Waals surface area contributed by atoms with Gasteiger partial charge in [-0.15, -0.1) is 0 Å². The van der Waals surface area contributed by atoms with Crippen molar-refractivity contribution >= 4 is 134 Å². The Morgan fingerprint density at radius 3 is 1.60 bits per heavy atom. The van der Waals surface area contributed by atoms with Gasteiger partial charge in [0.25, 0.3) is 0 Å². The number of fused-ring (bicyclic) bond motifs is 4. The number of unbranched alkanes of at least 4 members (excludes halogenated alkanes) is 1. The second kappa shape index (κ2) is 45.8. The number of benzene rings is 3. The number of aromatic amines is 3. The number of methoxy groups -OCH3 is 1. The van der Waals surface area contributed by atoms with E-state index in [0.29, 0.717) is 57.1 Å². The Hall–Kier alpha value is -13.0. The lowest BCUT2D eigenvalue weighted by atomic mass is 10.0. The number of imidazole rings is 1. The quantitative estimate of drug-likeness (QED) is 0.0382. The first-order valence-corrected chi connectivity index (χ1v) is 42.2. The zero-order valence-corrected chi connectivity index (χ0v) is 70.4. The smallest absolute Gasteiger partial charge is 0.305 e. The van der Waals surface area contributed by atoms with Crippen LogP contribution >= 0.6 is 11.8 Å². The summed E-state index contributed by atoms with van der Waals surface area (Å²) in [5.74, 6) is -16.9. The number of carbonyl (C=O) groups excluding carboxylic acids is 14. The Kier molecular flexibility index (Phi) is 35.0. The highest BCUT2D eigenvalue weighted by molar-refractivity contribution is 7.99. The molecule has 0 radical (unpaired) electrons. The van der Waals surface area contributed by atoms with E-state index in [0.717, 1.165) is 36.3 Å². The van der Waals surface area contributed by atoms with Gasteiger partial charge in [-0.1, -0.05) is 68.3 Å². The molecule has 0 aliphatic carbocycles. The maximum Gasteiger partial charge on any atom is 0.305 e. The highest BCUT2D eigenvalue weighted by Crippen LogP contribution is 2.27. The number of thioether (sulfide) groups is 1. The standard InChI is InChI=1S/C83H109N19O21S/c1-6-7-20-64-77(116)92-56(19-12-29-84)73(112)86-30-33-124-45-68(104)91-61(34-47-23-25-51(123-5)26-24-47)80(119)98(2)43-67(103)90-63(39-72(110)111)83(122)102-32-14-22-66(102)79(118)96-59(37-50-42-85-46-89-50)75(114)93-57(27-28-70(106)107)82(121)101-31-13-21-65(101)78(117)95-58(35-48-40-87-54-17-10-8-15-52(48)54)74(113)94-60(38-71(108)109)76(115)97-62(81(120)99(3)44-69(105)100(64)4)36-49-41-88-55-18-11-9-16-53(49)55/h8-11,15-18,23-26,40-42,46,56-66,87-88H,6-7,12-14,19-22,27-39,43-45,84H2,1-5H3,(H,85,89)(H,86,112)(H,90,103)(H,91,104)(H,92,116)(H,93,114)(H,94,113)(H,95,117)(H,96,118)(H,97,115)(H,106,107)(H,108,109)(H,110,111)/t56-,57-,58-,59-,60-,61-,62-,63-,64-,65?,66?/m0/s1. The van der Waals surface area contributed by atoms with E-state index in [1.807, 2.05) is 6.92 Å². The van der Waals surface area contributed by atoms with E-state index in [-0.39, 0.29) is 114 Å². The van der Waals surface area contributed by atoms with Crippen LogP contribution in [0.1, 0.15) is 113 Å². The molecule has 9 rings (SSSR count). The Labute approximate surface area is 717 Å². The molecule has 41 heteroatoms. The van der Waals surface area contributed by atoms with Gasteiger partial charge in [0.2, 0.25) is 82.7 Å². The van der Waals surface area contributed by atoms with Gasteiger partial charge in [-0.3, -0.25) is 81.5 Å². The van der Waals surface area contributed by atoms with Crippen LogP contribution in [-0.2, 0) is 107 Å². The molecule has 0 spiro atoms. The fraction of sp³-hybridized carbons (Fsp3) is 0.494. The number of nitrogens with two attached hydrogens (primary N) is 1. The van der Waals surface area contributed by atoms with Gasteiger partial charge in [0.15, 0.2) is 0 Å². The Morgan fingerprint density at radius 1 is 0.516 bits per heavy atom. The van der Waals surface area contributed by atoms with E-state index in [9.17, 15) is 72.9 Å². The molecular weight excluding hydrogens is 1630 g/mol. The molecule has 11 atom stereocenters. The summed E-state index contributed by atoms with van der Waals surface area (Å²) in [6, 6.07) is 3.33. The van der Waals surface area contributed by atoms with Crippen LogP contribution in [0.15, 0.2) is 97.7 Å². The zero-order valence-electron chi connectivity index (χ0n) is 69.6. The van der Waals surface area contributed by atoms with Gasteiger partial charge in [0.1, 0.15) is 72.2 Å². The van der Waals surface area contributed by atoms with E-state index in [4.69, 9.17) is 10.5 Å². The third-order valence-electron chi connectivity index (χ3n) is 21.9. The second-order valence-corrected chi connectivity index (χ2v) is 32.0. The molecule has 6 heterocycles. The SMILES string of the molecule is CCCC[C@H]1C(=O)N[C@@H](CCCN)C(=O)NCCSCC(=O)N[C@@H](Cc2ccc(OC)cc2)C(=O)N(C)CC(=O)N[C@@H](CC(=O)O)C(=O)N2CCCC2C(=O)N[C@@H](Cc2cnc[nH]2)C(=O)N[C@@H](CCC(=O)O)C(=O)N2CCCC2C(=O)N[C@@H](Cc2c[nH]c3ccccc23)C(=O)N[C@@H](CC(=O)O)C(=O)N[C@@H](Cc2c[nH]c3ccccc23)C(=O)N(C)CC(=O)N1C. The topological polar surface area (TPSA) is 571 Å². The summed E-state index contributed by atoms with van der Waals surface area (Å²) in [5, 5.41) is 55.6. The van der Waals surface area contributed by atoms with Crippen LogP contribution < -0.4 is 58.3 Å². The largest absolute Gasteiger partial charge is 0.497 e. The molecule has 3 aliphatic rings. The number of para-hydroxylation sites is 2. The first-order valence-electron chi connectivity index (χ1n) is 41.0. The number of rotatable bonds is 22. The van der Waals surface area contributed by atoms with Crippen LogP contribution in [0.3, 0.4) is 0 Å². The number of aromatic nitrogens is 4. The van der Waals surface area contributed by atoms with Crippen molar-refractivity contribution in [1.82, 2.24) is 92.3 Å². The van der Waals surface area contributed by atoms with Crippen molar-refractivity contribution < 1.29 is 102 Å². The van der Waals surface area contributed by atoms with Crippen molar-refractivity contribution in [2.45, 2.75) is 183 Å². The normalized spacial score (nSPS) is 23.5. The number of amides is 14. The first-order chi connectivity index (χ1) is 59.3. The number of likely N-dealkylation sites (N-methyl/N-ethyl adjacent to an activating group) is 3. The van der Waals surface area contributed by atoms with Gasteiger partial charge in [-0.05, 0) is 98.9 Å². The maximum atomic E-state index is 15.2. The number of carboxylic acids is 3. The molecule has 40 nitrogen and oxygen atoms in total. The maximum absolute atomic E-state index is 15.2. The lowest BCUT2D eigenvalue weighted by molar-refractivity contribution is -0.146. The monoisotopic (exact) mass is 1740 g/mol. The van der Waals surface area contributed by atoms with Crippen molar-refractivity contribution in [3.8, 4) is 5.75 Å². The molecule has 14 amide bonds. The number of H-pyrrole nitrogens is 3. The summed E-state index contributed by atoms with van der Waals surface area (Å²) in [4.78, 5) is 261. The van der Waals surface area contributed by atoms with Crippen LogP contribution in [-0.4, -0.2) is 306 Å². The summed E-state index contributed by atoms with van der Waals surface area (Å²) < 4.78 is 5.31. The van der Waals surface area contributed by atoms with Gasteiger partial charge >= 0.3 is 17.9 Å². The van der Waals surface area contributed by atoms with Crippen molar-refractivity contribution in [1.29, 1.82) is 0 Å². The zero-order chi connectivity index (χ0) is 89.8. The Balaban J connectivity index is 1.04. The third-order valence-corrected chi connectivity index (χ3v) is 22.8. The Morgan fingerprint density at radius 2 is 1.03 bits per heavy atom. The van der Waals surface area contributed by atoms with Crippen molar-refractivity contribution in [3.05, 3.63) is 120 Å². The van der Waals surface area contributed by atoms with E-state index in [1.54, 1.807) is 85.2 Å². The summed E-state index contributed by atoms with van der Waals surface area (Å²) in [6.45, 7) is 0.142. The van der Waals surface area contributed by atoms with Crippen molar-refractivity contribution in [3.63, 3.8) is 0 Å². The minimum Gasteiger partial charge on any atom is -0.497 e. The third kappa shape index (κ3) is 26.5.